The van der Waals surface area contributed by atoms with Crippen molar-refractivity contribution in [1.29, 1.82) is 0 Å². The van der Waals surface area contributed by atoms with Crippen LogP contribution in [0.5, 0.6) is 0 Å². The Morgan fingerprint density at radius 2 is 2.06 bits per heavy atom. The quantitative estimate of drug-likeness (QED) is 0.758. The highest BCUT2D eigenvalue weighted by Crippen LogP contribution is 2.49. The van der Waals surface area contributed by atoms with Crippen LogP contribution in [-0.4, -0.2) is 19.7 Å². The molecule has 3 heterocycles. The second-order valence-corrected chi connectivity index (χ2v) is 5.32. The Morgan fingerprint density at radius 3 is 2.81 bits per heavy atom. The Labute approximate surface area is 96.6 Å². The minimum atomic E-state index is -2.81. The van der Waals surface area contributed by atoms with E-state index in [0.29, 0.717) is 0 Å². The smallest absolute Gasteiger partial charge is 0.297 e. The van der Waals surface area contributed by atoms with Crippen molar-refractivity contribution in [3.8, 4) is 0 Å². The molecule has 0 saturated carbocycles. The van der Waals surface area contributed by atoms with Gasteiger partial charge in [0.05, 0.1) is 0 Å². The van der Waals surface area contributed by atoms with Crippen molar-refractivity contribution in [3.63, 3.8) is 0 Å². The Balaban J connectivity index is 2.06. The summed E-state index contributed by atoms with van der Waals surface area (Å²) in [6.07, 6.45) is 1.58. The number of hydrogen-bond acceptors (Lipinski definition) is 3. The Bertz CT molecular complexity index is 398. The van der Waals surface area contributed by atoms with E-state index < -0.39 is 18.1 Å². The predicted octanol–water partition coefficient (Wildman–Crippen LogP) is 2.45. The molecule has 2 nitrogen and oxygen atoms in total. The molecule has 2 aliphatic rings. The summed E-state index contributed by atoms with van der Waals surface area (Å²) in [5.41, 5.74) is -0.262. The lowest BCUT2D eigenvalue weighted by Crippen LogP contribution is -2.47. The van der Waals surface area contributed by atoms with Crippen LogP contribution >= 0.6 is 11.3 Å². The fourth-order valence-electron chi connectivity index (χ4n) is 2.52. The fraction of sp³-hybridized carbons (Fsp3) is 0.636. The van der Waals surface area contributed by atoms with Gasteiger partial charge < -0.3 is 10.1 Å². The van der Waals surface area contributed by atoms with E-state index in [-0.39, 0.29) is 5.56 Å². The summed E-state index contributed by atoms with van der Waals surface area (Å²) < 4.78 is 32.8. The van der Waals surface area contributed by atoms with E-state index >= 15 is 0 Å². The molecule has 16 heavy (non-hydrogen) atoms. The molecule has 3 rings (SSSR count). The lowest BCUT2D eigenvalue weighted by Gasteiger charge is -2.42. The van der Waals surface area contributed by atoms with E-state index in [2.05, 4.69) is 5.32 Å². The van der Waals surface area contributed by atoms with E-state index in [4.69, 9.17) is 4.74 Å². The number of alkyl halides is 2. The molecule has 0 unspecified atom stereocenters. The Hall–Kier alpha value is -0.520. The van der Waals surface area contributed by atoms with Gasteiger partial charge in [0, 0.05) is 10.4 Å². The topological polar surface area (TPSA) is 21.3 Å². The Kier molecular flexibility index (Phi) is 2.31. The van der Waals surface area contributed by atoms with E-state index in [1.54, 1.807) is 11.4 Å². The van der Waals surface area contributed by atoms with Crippen LogP contribution in [0.3, 0.4) is 0 Å². The maximum atomic E-state index is 13.6. The Morgan fingerprint density at radius 1 is 1.31 bits per heavy atom. The summed E-state index contributed by atoms with van der Waals surface area (Å²) in [6.45, 7) is 1.20. The number of fused-ring (bicyclic) bond motifs is 2. The minimum Gasteiger partial charge on any atom is -0.363 e. The van der Waals surface area contributed by atoms with Crippen LogP contribution in [0.1, 0.15) is 23.3 Å². The molecular weight excluding hydrogens is 232 g/mol. The van der Waals surface area contributed by atoms with Crippen LogP contribution in [0.15, 0.2) is 11.4 Å². The summed E-state index contributed by atoms with van der Waals surface area (Å²) in [5, 5.41) is 4.98. The van der Waals surface area contributed by atoms with Crippen LogP contribution in [-0.2, 0) is 16.3 Å². The maximum absolute atomic E-state index is 13.6. The maximum Gasteiger partial charge on any atom is 0.297 e. The molecule has 0 amide bonds. The zero-order valence-corrected chi connectivity index (χ0v) is 9.58. The molecule has 88 valence electrons. The largest absolute Gasteiger partial charge is 0.363 e. The van der Waals surface area contributed by atoms with Crippen molar-refractivity contribution in [1.82, 2.24) is 5.32 Å². The molecule has 1 spiro atoms. The first-order valence-electron chi connectivity index (χ1n) is 5.45. The van der Waals surface area contributed by atoms with Gasteiger partial charge in [-0.15, -0.1) is 11.3 Å². The van der Waals surface area contributed by atoms with Gasteiger partial charge in [0.2, 0.25) is 0 Å². The fourth-order valence-corrected chi connectivity index (χ4v) is 3.69. The first-order valence-corrected chi connectivity index (χ1v) is 6.33. The molecule has 2 aliphatic heterocycles. The SMILES string of the molecule is FC1(F)COC2(CCNCC2)c2sccc21. The molecule has 0 radical (unpaired) electrons. The second-order valence-electron chi connectivity index (χ2n) is 4.40. The zero-order valence-electron chi connectivity index (χ0n) is 8.76. The number of ether oxygens (including phenoxy) is 1. The highest BCUT2D eigenvalue weighted by molar-refractivity contribution is 7.10. The lowest BCUT2D eigenvalue weighted by molar-refractivity contribution is -0.174. The number of hydrogen-bond donors (Lipinski definition) is 1. The van der Waals surface area contributed by atoms with E-state index in [9.17, 15) is 8.78 Å². The molecular formula is C11H13F2NOS. The van der Waals surface area contributed by atoms with Gasteiger partial charge in [-0.05, 0) is 37.4 Å². The van der Waals surface area contributed by atoms with Gasteiger partial charge in [0.15, 0.2) is 0 Å². The third-order valence-corrected chi connectivity index (χ3v) is 4.51. The van der Waals surface area contributed by atoms with E-state index in [1.807, 2.05) is 0 Å². The summed E-state index contributed by atoms with van der Waals surface area (Å²) in [4.78, 5) is 0.741. The molecule has 1 aromatic rings. The molecule has 1 N–H and O–H groups in total. The van der Waals surface area contributed by atoms with E-state index in [1.165, 1.54) is 11.3 Å². The molecule has 0 aromatic carbocycles. The van der Waals surface area contributed by atoms with Crippen molar-refractivity contribution in [2.24, 2.45) is 0 Å². The van der Waals surface area contributed by atoms with Crippen molar-refractivity contribution in [2.45, 2.75) is 24.4 Å². The normalized spacial score (nSPS) is 26.6. The number of piperidine rings is 1. The zero-order chi connectivity index (χ0) is 11.2. The van der Waals surface area contributed by atoms with Crippen molar-refractivity contribution < 1.29 is 13.5 Å². The first kappa shape index (κ1) is 10.6. The van der Waals surface area contributed by atoms with Crippen molar-refractivity contribution >= 4 is 11.3 Å². The first-order chi connectivity index (χ1) is 7.64. The highest BCUT2D eigenvalue weighted by Gasteiger charge is 2.50. The number of nitrogens with one attached hydrogen (secondary N) is 1. The average molecular weight is 245 g/mol. The van der Waals surface area contributed by atoms with Gasteiger partial charge in [-0.25, -0.2) is 0 Å². The molecule has 1 saturated heterocycles. The summed E-state index contributed by atoms with van der Waals surface area (Å²) in [5.74, 6) is -2.81. The summed E-state index contributed by atoms with van der Waals surface area (Å²) >= 11 is 1.40. The molecule has 5 heteroatoms. The molecule has 0 atom stereocenters. The molecule has 1 fully saturated rings. The summed E-state index contributed by atoms with van der Waals surface area (Å²) in [6, 6.07) is 1.55. The lowest BCUT2D eigenvalue weighted by atomic mass is 9.85. The molecule has 0 bridgehead atoms. The summed E-state index contributed by atoms with van der Waals surface area (Å²) in [7, 11) is 0. The van der Waals surface area contributed by atoms with Gasteiger partial charge in [0.25, 0.3) is 5.92 Å². The molecule has 1 aromatic heterocycles. The monoisotopic (exact) mass is 245 g/mol. The van der Waals surface area contributed by atoms with Crippen LogP contribution in [0.4, 0.5) is 8.78 Å². The number of halogens is 2. The highest BCUT2D eigenvalue weighted by atomic mass is 32.1. The van der Waals surface area contributed by atoms with E-state index in [0.717, 1.165) is 30.8 Å². The van der Waals surface area contributed by atoms with Crippen molar-refractivity contribution in [3.05, 3.63) is 21.9 Å². The molecule has 0 aliphatic carbocycles. The number of thiophene rings is 1. The van der Waals surface area contributed by atoms with Gasteiger partial charge >= 0.3 is 0 Å². The van der Waals surface area contributed by atoms with Crippen LogP contribution in [0.25, 0.3) is 0 Å². The van der Waals surface area contributed by atoms with Crippen LogP contribution in [0, 0.1) is 0 Å². The third-order valence-electron chi connectivity index (χ3n) is 3.41. The minimum absolute atomic E-state index is 0.186. The predicted molar refractivity (Wildman–Crippen MR) is 57.9 cm³/mol. The van der Waals surface area contributed by atoms with Gasteiger partial charge in [-0.3, -0.25) is 0 Å². The van der Waals surface area contributed by atoms with Crippen molar-refractivity contribution in [2.75, 3.05) is 19.7 Å². The number of rotatable bonds is 0. The second kappa shape index (κ2) is 3.48. The average Bonchev–Trinajstić information content (AvgIpc) is 2.77. The standard InChI is InChI=1S/C11H13F2NOS/c12-11(13)7-15-10(2-4-14-5-3-10)9-8(11)1-6-16-9/h1,6,14H,2-5,7H2. The van der Waals surface area contributed by atoms with Crippen LogP contribution in [0.2, 0.25) is 0 Å². The third kappa shape index (κ3) is 1.42. The van der Waals surface area contributed by atoms with Gasteiger partial charge in [-0.1, -0.05) is 0 Å². The van der Waals surface area contributed by atoms with Gasteiger partial charge in [-0.2, -0.15) is 8.78 Å². The van der Waals surface area contributed by atoms with Gasteiger partial charge in [0.1, 0.15) is 12.2 Å². The van der Waals surface area contributed by atoms with Crippen LogP contribution < -0.4 is 5.32 Å².